The summed E-state index contributed by atoms with van der Waals surface area (Å²) in [5.41, 5.74) is 8.98. The summed E-state index contributed by atoms with van der Waals surface area (Å²) in [5.74, 6) is -0.183. The van der Waals surface area contributed by atoms with Crippen molar-refractivity contribution in [3.8, 4) is 0 Å². The molecular formula is C15H15N3O2. The zero-order valence-electron chi connectivity index (χ0n) is 10.8. The monoisotopic (exact) mass is 269 g/mol. The van der Waals surface area contributed by atoms with Crippen molar-refractivity contribution < 1.29 is 9.90 Å². The number of fused-ring (bicyclic) bond motifs is 1. The van der Waals surface area contributed by atoms with Gasteiger partial charge in [0, 0.05) is 12.5 Å². The largest absolute Gasteiger partial charge is 0.477 e. The molecule has 0 bridgehead atoms. The molecule has 5 nitrogen and oxygen atoms in total. The van der Waals surface area contributed by atoms with Crippen molar-refractivity contribution in [1.29, 1.82) is 0 Å². The second-order valence-electron chi connectivity index (χ2n) is 4.92. The van der Waals surface area contributed by atoms with Crippen LogP contribution in [0.5, 0.6) is 0 Å². The van der Waals surface area contributed by atoms with Crippen LogP contribution in [-0.4, -0.2) is 22.6 Å². The first-order valence-electron chi connectivity index (χ1n) is 6.46. The van der Waals surface area contributed by atoms with Crippen LogP contribution in [0.25, 0.3) is 0 Å². The van der Waals surface area contributed by atoms with E-state index in [4.69, 9.17) is 10.8 Å². The molecule has 1 heterocycles. The summed E-state index contributed by atoms with van der Waals surface area (Å²) in [4.78, 5) is 14.9. The van der Waals surface area contributed by atoms with E-state index in [2.05, 4.69) is 22.4 Å². The number of pyridine rings is 1. The predicted molar refractivity (Wildman–Crippen MR) is 77.0 cm³/mol. The van der Waals surface area contributed by atoms with E-state index in [1.165, 1.54) is 17.2 Å². The Morgan fingerprint density at radius 1 is 1.35 bits per heavy atom. The number of nitrogens with one attached hydrogen (secondary N) is 1. The third kappa shape index (κ3) is 2.18. The fraction of sp³-hybridized carbons (Fsp3) is 0.200. The van der Waals surface area contributed by atoms with Gasteiger partial charge in [-0.05, 0) is 29.7 Å². The van der Waals surface area contributed by atoms with Crippen molar-refractivity contribution in [1.82, 2.24) is 4.98 Å². The second kappa shape index (κ2) is 4.85. The summed E-state index contributed by atoms with van der Waals surface area (Å²) in [6.07, 6.45) is 1.03. The maximum Gasteiger partial charge on any atom is 0.354 e. The van der Waals surface area contributed by atoms with Crippen molar-refractivity contribution in [2.24, 2.45) is 0 Å². The number of aromatic nitrogens is 1. The average molecular weight is 269 g/mol. The summed E-state index contributed by atoms with van der Waals surface area (Å²) >= 11 is 0. The highest BCUT2D eigenvalue weighted by atomic mass is 16.4. The van der Waals surface area contributed by atoms with Crippen molar-refractivity contribution in [2.75, 3.05) is 17.6 Å². The number of carboxylic acid groups (broad SMARTS) is 1. The molecule has 5 heteroatoms. The smallest absolute Gasteiger partial charge is 0.354 e. The van der Waals surface area contributed by atoms with Crippen molar-refractivity contribution >= 4 is 17.5 Å². The molecule has 0 radical (unpaired) electrons. The van der Waals surface area contributed by atoms with Crippen LogP contribution in [0.3, 0.4) is 0 Å². The number of nitrogens with two attached hydrogens (primary N) is 1. The highest BCUT2D eigenvalue weighted by Gasteiger charge is 2.25. The van der Waals surface area contributed by atoms with E-state index < -0.39 is 5.97 Å². The quantitative estimate of drug-likeness (QED) is 0.791. The van der Waals surface area contributed by atoms with Gasteiger partial charge in [-0.2, -0.15) is 0 Å². The van der Waals surface area contributed by atoms with E-state index in [1.807, 2.05) is 12.1 Å². The van der Waals surface area contributed by atoms with Crippen LogP contribution in [-0.2, 0) is 6.42 Å². The van der Waals surface area contributed by atoms with Crippen LogP contribution in [0.4, 0.5) is 11.5 Å². The lowest BCUT2D eigenvalue weighted by atomic mass is 9.77. The predicted octanol–water partition coefficient (Wildman–Crippen LogP) is 2.11. The van der Waals surface area contributed by atoms with E-state index >= 15 is 0 Å². The Morgan fingerprint density at radius 2 is 2.15 bits per heavy atom. The highest BCUT2D eigenvalue weighted by Crippen LogP contribution is 2.34. The fourth-order valence-corrected chi connectivity index (χ4v) is 2.50. The van der Waals surface area contributed by atoms with Crippen molar-refractivity contribution in [3.05, 3.63) is 53.2 Å². The molecule has 1 aromatic carbocycles. The Bertz CT molecular complexity index is 670. The average Bonchev–Trinajstić information content (AvgIpc) is 2.41. The Hall–Kier alpha value is -2.56. The van der Waals surface area contributed by atoms with Gasteiger partial charge in [0.05, 0.1) is 5.69 Å². The van der Waals surface area contributed by atoms with Gasteiger partial charge in [-0.15, -0.1) is 0 Å². The molecule has 2 aromatic rings. The third-order valence-electron chi connectivity index (χ3n) is 3.62. The minimum atomic E-state index is -1.05. The summed E-state index contributed by atoms with van der Waals surface area (Å²) < 4.78 is 0. The maximum atomic E-state index is 10.9. The summed E-state index contributed by atoms with van der Waals surface area (Å²) in [6, 6.07) is 11.3. The fourth-order valence-electron chi connectivity index (χ4n) is 2.50. The molecule has 1 aromatic heterocycles. The van der Waals surface area contributed by atoms with Crippen molar-refractivity contribution in [3.63, 3.8) is 0 Å². The molecule has 0 spiro atoms. The zero-order valence-corrected chi connectivity index (χ0v) is 10.8. The summed E-state index contributed by atoms with van der Waals surface area (Å²) in [5, 5.41) is 12.1. The normalized spacial score (nSPS) is 16.1. The summed E-state index contributed by atoms with van der Waals surface area (Å²) in [7, 11) is 0. The number of aromatic carboxylic acids is 1. The van der Waals surface area contributed by atoms with Gasteiger partial charge in [0.25, 0.3) is 0 Å². The lowest BCUT2D eigenvalue weighted by Crippen LogP contribution is -2.25. The topological polar surface area (TPSA) is 88.2 Å². The number of carbonyl (C=O) groups is 1. The molecule has 3 rings (SSSR count). The number of nitrogens with zero attached hydrogens (tertiary/aromatic N) is 1. The SMILES string of the molecule is Nc1ccc(C(=O)O)nc1NCC1Cc2ccccc21. The molecule has 20 heavy (non-hydrogen) atoms. The number of anilines is 2. The van der Waals surface area contributed by atoms with Gasteiger partial charge in [-0.25, -0.2) is 9.78 Å². The van der Waals surface area contributed by atoms with Gasteiger partial charge in [0.2, 0.25) is 0 Å². The second-order valence-corrected chi connectivity index (χ2v) is 4.92. The standard InChI is InChI=1S/C15H15N3O2/c16-12-5-6-13(15(19)20)18-14(12)17-8-10-7-9-3-1-2-4-11(9)10/h1-6,10H,7-8,16H2,(H,17,18)(H,19,20). The molecule has 0 amide bonds. The van der Waals surface area contributed by atoms with Crippen LogP contribution in [0.1, 0.15) is 27.5 Å². The van der Waals surface area contributed by atoms with Crippen LogP contribution in [0.2, 0.25) is 0 Å². The van der Waals surface area contributed by atoms with Crippen molar-refractivity contribution in [2.45, 2.75) is 12.3 Å². The Morgan fingerprint density at radius 3 is 2.90 bits per heavy atom. The molecule has 102 valence electrons. The number of hydrogen-bond donors (Lipinski definition) is 3. The van der Waals surface area contributed by atoms with E-state index in [9.17, 15) is 4.79 Å². The summed E-state index contributed by atoms with van der Waals surface area (Å²) in [6.45, 7) is 0.706. The molecule has 0 saturated carbocycles. The van der Waals surface area contributed by atoms with Crippen LogP contribution >= 0.6 is 0 Å². The maximum absolute atomic E-state index is 10.9. The first-order valence-corrected chi connectivity index (χ1v) is 6.46. The van der Waals surface area contributed by atoms with Crippen LogP contribution in [0, 0.1) is 0 Å². The van der Waals surface area contributed by atoms with Gasteiger partial charge in [0.15, 0.2) is 5.69 Å². The molecule has 0 fully saturated rings. The molecule has 1 unspecified atom stereocenters. The number of benzene rings is 1. The van der Waals surface area contributed by atoms with Crippen LogP contribution < -0.4 is 11.1 Å². The Labute approximate surface area is 116 Å². The zero-order chi connectivity index (χ0) is 14.1. The number of hydrogen-bond acceptors (Lipinski definition) is 4. The molecular weight excluding hydrogens is 254 g/mol. The molecule has 4 N–H and O–H groups in total. The number of carboxylic acids is 1. The number of nitrogen functional groups attached to an aromatic ring is 1. The first kappa shape index (κ1) is 12.5. The van der Waals surface area contributed by atoms with Gasteiger partial charge in [0.1, 0.15) is 5.82 Å². The van der Waals surface area contributed by atoms with Crippen LogP contribution in [0.15, 0.2) is 36.4 Å². The van der Waals surface area contributed by atoms with Gasteiger partial charge < -0.3 is 16.2 Å². The van der Waals surface area contributed by atoms with Gasteiger partial charge >= 0.3 is 5.97 Å². The molecule has 0 aliphatic heterocycles. The minimum Gasteiger partial charge on any atom is -0.477 e. The van der Waals surface area contributed by atoms with Gasteiger partial charge in [-0.1, -0.05) is 24.3 Å². The molecule has 1 aliphatic carbocycles. The Kier molecular flexibility index (Phi) is 3.02. The van der Waals surface area contributed by atoms with E-state index in [-0.39, 0.29) is 5.69 Å². The highest BCUT2D eigenvalue weighted by molar-refractivity contribution is 5.86. The Balaban J connectivity index is 1.71. The van der Waals surface area contributed by atoms with E-state index in [0.29, 0.717) is 24.0 Å². The van der Waals surface area contributed by atoms with Gasteiger partial charge in [-0.3, -0.25) is 0 Å². The molecule has 1 atom stereocenters. The lowest BCUT2D eigenvalue weighted by Gasteiger charge is -2.30. The molecule has 0 saturated heterocycles. The first-order chi connectivity index (χ1) is 9.65. The van der Waals surface area contributed by atoms with E-state index in [0.717, 1.165) is 6.42 Å². The lowest BCUT2D eigenvalue weighted by molar-refractivity contribution is 0.0690. The number of rotatable bonds is 4. The molecule has 1 aliphatic rings. The van der Waals surface area contributed by atoms with E-state index in [1.54, 1.807) is 6.07 Å². The third-order valence-corrected chi connectivity index (χ3v) is 3.62. The minimum absolute atomic E-state index is 0.00397.